The van der Waals surface area contributed by atoms with Crippen molar-refractivity contribution >= 4 is 12.0 Å². The van der Waals surface area contributed by atoms with Gasteiger partial charge in [0, 0.05) is 25.7 Å². The molecule has 108 valence electrons. The van der Waals surface area contributed by atoms with E-state index in [0.717, 1.165) is 13.0 Å². The van der Waals surface area contributed by atoms with Gasteiger partial charge in [0.05, 0.1) is 5.92 Å². The Morgan fingerprint density at radius 2 is 1.68 bits per heavy atom. The zero-order valence-corrected chi connectivity index (χ0v) is 11.8. The molecule has 0 spiro atoms. The number of carboxylic acids is 1. The third kappa shape index (κ3) is 3.01. The van der Waals surface area contributed by atoms with Gasteiger partial charge in [0.2, 0.25) is 0 Å². The number of urea groups is 1. The molecular weight excluding hydrogens is 244 g/mol. The molecule has 0 bridgehead atoms. The van der Waals surface area contributed by atoms with Gasteiger partial charge in [-0.3, -0.25) is 4.79 Å². The van der Waals surface area contributed by atoms with Gasteiger partial charge in [0.1, 0.15) is 0 Å². The zero-order chi connectivity index (χ0) is 14.0. The Morgan fingerprint density at radius 3 is 2.26 bits per heavy atom. The normalized spacial score (nSPS) is 29.4. The average molecular weight is 268 g/mol. The minimum absolute atomic E-state index is 0.0999. The first-order valence-corrected chi connectivity index (χ1v) is 7.29. The summed E-state index contributed by atoms with van der Waals surface area (Å²) in [4.78, 5) is 27.2. The predicted octanol–water partition coefficient (Wildman–Crippen LogP) is 2.02. The van der Waals surface area contributed by atoms with Crippen molar-refractivity contribution in [2.45, 2.75) is 45.6 Å². The van der Waals surface area contributed by atoms with E-state index in [2.05, 4.69) is 13.8 Å². The summed E-state index contributed by atoms with van der Waals surface area (Å²) < 4.78 is 0. The smallest absolute Gasteiger partial charge is 0.320 e. The number of likely N-dealkylation sites (tertiary alicyclic amines) is 2. The lowest BCUT2D eigenvalue weighted by molar-refractivity contribution is -0.143. The quantitative estimate of drug-likeness (QED) is 0.791. The summed E-state index contributed by atoms with van der Waals surface area (Å²) in [5, 5.41) is 8.97. The lowest BCUT2D eigenvalue weighted by Crippen LogP contribution is -2.53. The number of piperidine rings is 2. The van der Waals surface area contributed by atoms with Crippen LogP contribution in [-0.2, 0) is 4.79 Å². The lowest BCUT2D eigenvalue weighted by Gasteiger charge is -2.42. The maximum Gasteiger partial charge on any atom is 0.320 e. The summed E-state index contributed by atoms with van der Waals surface area (Å²) in [7, 11) is 0. The van der Waals surface area contributed by atoms with Crippen molar-refractivity contribution in [2.75, 3.05) is 19.6 Å². The number of hydrogen-bond donors (Lipinski definition) is 1. The Bertz CT molecular complexity index is 351. The van der Waals surface area contributed by atoms with Gasteiger partial charge in [-0.2, -0.15) is 0 Å². The van der Waals surface area contributed by atoms with Crippen molar-refractivity contribution in [3.05, 3.63) is 0 Å². The summed E-state index contributed by atoms with van der Waals surface area (Å²) in [6.45, 7) is 6.30. The molecule has 2 fully saturated rings. The summed E-state index contributed by atoms with van der Waals surface area (Å²) in [6, 6.07) is 0.390. The van der Waals surface area contributed by atoms with Gasteiger partial charge in [-0.05, 0) is 38.5 Å². The standard InChI is InChI=1S/C14H24N2O3/c1-10-4-3-7-16(11(10)2)14(19)15-8-5-12(6-9-15)13(17)18/h10-12H,3-9H2,1-2H3,(H,17,18). The van der Waals surface area contributed by atoms with Gasteiger partial charge in [-0.1, -0.05) is 6.92 Å². The molecule has 1 N–H and O–H groups in total. The highest BCUT2D eigenvalue weighted by Gasteiger charge is 2.33. The topological polar surface area (TPSA) is 60.9 Å². The Balaban J connectivity index is 1.92. The van der Waals surface area contributed by atoms with E-state index in [-0.39, 0.29) is 11.9 Å². The summed E-state index contributed by atoms with van der Waals surface area (Å²) in [5.74, 6) is -0.455. The van der Waals surface area contributed by atoms with Crippen molar-refractivity contribution in [3.8, 4) is 0 Å². The molecule has 0 radical (unpaired) electrons. The van der Waals surface area contributed by atoms with Crippen LogP contribution in [0.15, 0.2) is 0 Å². The van der Waals surface area contributed by atoms with E-state index in [4.69, 9.17) is 5.11 Å². The molecule has 2 aliphatic heterocycles. The van der Waals surface area contributed by atoms with Gasteiger partial charge in [0.15, 0.2) is 0 Å². The number of carbonyl (C=O) groups excluding carboxylic acids is 1. The molecule has 2 atom stereocenters. The predicted molar refractivity (Wildman–Crippen MR) is 71.9 cm³/mol. The molecule has 0 aromatic rings. The van der Waals surface area contributed by atoms with Crippen molar-refractivity contribution < 1.29 is 14.7 Å². The zero-order valence-electron chi connectivity index (χ0n) is 11.8. The summed E-state index contributed by atoms with van der Waals surface area (Å²) >= 11 is 0. The number of rotatable bonds is 1. The maximum absolute atomic E-state index is 12.5. The molecule has 0 aliphatic carbocycles. The van der Waals surface area contributed by atoms with E-state index in [1.807, 2.05) is 9.80 Å². The monoisotopic (exact) mass is 268 g/mol. The molecule has 5 heteroatoms. The Labute approximate surface area is 114 Å². The summed E-state index contributed by atoms with van der Waals surface area (Å²) in [6.07, 6.45) is 3.42. The lowest BCUT2D eigenvalue weighted by atomic mass is 9.92. The third-order valence-electron chi connectivity index (χ3n) is 4.73. The van der Waals surface area contributed by atoms with E-state index in [0.29, 0.717) is 37.9 Å². The van der Waals surface area contributed by atoms with Crippen LogP contribution in [0.1, 0.15) is 39.5 Å². The van der Waals surface area contributed by atoms with Gasteiger partial charge >= 0.3 is 12.0 Å². The van der Waals surface area contributed by atoms with Gasteiger partial charge < -0.3 is 14.9 Å². The van der Waals surface area contributed by atoms with Crippen LogP contribution in [0.4, 0.5) is 4.79 Å². The molecule has 2 unspecified atom stereocenters. The van der Waals surface area contributed by atoms with E-state index in [9.17, 15) is 9.59 Å². The second kappa shape index (κ2) is 5.80. The fourth-order valence-corrected chi connectivity index (χ4v) is 3.10. The molecule has 2 saturated heterocycles. The van der Waals surface area contributed by atoms with Crippen LogP contribution in [0.25, 0.3) is 0 Å². The molecule has 2 aliphatic rings. The first kappa shape index (κ1) is 14.2. The molecule has 2 amide bonds. The fourth-order valence-electron chi connectivity index (χ4n) is 3.10. The molecule has 19 heavy (non-hydrogen) atoms. The van der Waals surface area contributed by atoms with Crippen LogP contribution in [0.3, 0.4) is 0 Å². The van der Waals surface area contributed by atoms with Gasteiger partial charge in [-0.25, -0.2) is 4.79 Å². The van der Waals surface area contributed by atoms with Crippen LogP contribution in [0.2, 0.25) is 0 Å². The molecular formula is C14H24N2O3. The van der Waals surface area contributed by atoms with E-state index in [1.54, 1.807) is 0 Å². The van der Waals surface area contributed by atoms with Crippen LogP contribution in [0, 0.1) is 11.8 Å². The van der Waals surface area contributed by atoms with Crippen molar-refractivity contribution in [2.24, 2.45) is 11.8 Å². The van der Waals surface area contributed by atoms with E-state index >= 15 is 0 Å². The Kier molecular flexibility index (Phi) is 4.32. The summed E-state index contributed by atoms with van der Waals surface area (Å²) in [5.41, 5.74) is 0. The van der Waals surface area contributed by atoms with Crippen LogP contribution in [0.5, 0.6) is 0 Å². The van der Waals surface area contributed by atoms with E-state index < -0.39 is 5.97 Å². The first-order valence-electron chi connectivity index (χ1n) is 7.29. The Morgan fingerprint density at radius 1 is 1.05 bits per heavy atom. The number of nitrogens with zero attached hydrogens (tertiary/aromatic N) is 2. The molecule has 0 aromatic carbocycles. The maximum atomic E-state index is 12.5. The van der Waals surface area contributed by atoms with Crippen molar-refractivity contribution in [1.82, 2.24) is 9.80 Å². The minimum Gasteiger partial charge on any atom is -0.481 e. The molecule has 0 saturated carbocycles. The molecule has 5 nitrogen and oxygen atoms in total. The van der Waals surface area contributed by atoms with Gasteiger partial charge in [-0.15, -0.1) is 0 Å². The SMILES string of the molecule is CC1CCCN(C(=O)N2CCC(C(=O)O)CC2)C1C. The highest BCUT2D eigenvalue weighted by atomic mass is 16.4. The second-order valence-corrected chi connectivity index (χ2v) is 5.94. The molecule has 0 aromatic heterocycles. The molecule has 2 heterocycles. The van der Waals surface area contributed by atoms with Gasteiger partial charge in [0.25, 0.3) is 0 Å². The number of carboxylic acid groups (broad SMARTS) is 1. The average Bonchev–Trinajstić information content (AvgIpc) is 2.41. The first-order chi connectivity index (χ1) is 9.00. The fraction of sp³-hybridized carbons (Fsp3) is 0.857. The highest BCUT2D eigenvalue weighted by Crippen LogP contribution is 2.25. The molecule has 2 rings (SSSR count). The minimum atomic E-state index is -0.730. The van der Waals surface area contributed by atoms with Crippen LogP contribution in [-0.4, -0.2) is 52.6 Å². The van der Waals surface area contributed by atoms with E-state index in [1.165, 1.54) is 6.42 Å². The number of carbonyl (C=O) groups is 2. The number of amides is 2. The number of hydrogen-bond acceptors (Lipinski definition) is 2. The van der Waals surface area contributed by atoms with Crippen molar-refractivity contribution in [1.29, 1.82) is 0 Å². The number of aliphatic carboxylic acids is 1. The van der Waals surface area contributed by atoms with Crippen LogP contribution >= 0.6 is 0 Å². The third-order valence-corrected chi connectivity index (χ3v) is 4.73. The van der Waals surface area contributed by atoms with Crippen LogP contribution < -0.4 is 0 Å². The highest BCUT2D eigenvalue weighted by molar-refractivity contribution is 5.76. The second-order valence-electron chi connectivity index (χ2n) is 5.94. The van der Waals surface area contributed by atoms with Crippen molar-refractivity contribution in [3.63, 3.8) is 0 Å². The largest absolute Gasteiger partial charge is 0.481 e. The Hall–Kier alpha value is -1.26.